The summed E-state index contributed by atoms with van der Waals surface area (Å²) in [5.41, 5.74) is 3.49. The number of amides is 1. The van der Waals surface area contributed by atoms with Crippen LogP contribution >= 0.6 is 0 Å². The first kappa shape index (κ1) is 20.1. The predicted molar refractivity (Wildman–Crippen MR) is 109 cm³/mol. The lowest BCUT2D eigenvalue weighted by atomic mass is 10.2. The van der Waals surface area contributed by atoms with Gasteiger partial charge < -0.3 is 9.40 Å². The maximum Gasteiger partial charge on any atom is 0.285 e. The minimum atomic E-state index is -0.826. The first-order valence-corrected chi connectivity index (χ1v) is 9.45. The van der Waals surface area contributed by atoms with E-state index in [1.165, 1.54) is 0 Å². The smallest absolute Gasteiger partial charge is 0.285 e. The van der Waals surface area contributed by atoms with Gasteiger partial charge >= 0.3 is 0 Å². The van der Waals surface area contributed by atoms with Gasteiger partial charge in [0.2, 0.25) is 5.82 Å². The topological polar surface area (TPSA) is 108 Å². The molecule has 1 N–H and O–H groups in total. The summed E-state index contributed by atoms with van der Waals surface area (Å²) in [6, 6.07) is 13.8. The fourth-order valence-corrected chi connectivity index (χ4v) is 2.78. The Balaban J connectivity index is 1.58. The molecule has 9 nitrogen and oxygen atoms in total. The molecule has 0 bridgehead atoms. The van der Waals surface area contributed by atoms with Gasteiger partial charge in [-0.1, -0.05) is 24.3 Å². The van der Waals surface area contributed by atoms with E-state index in [2.05, 4.69) is 30.6 Å². The summed E-state index contributed by atoms with van der Waals surface area (Å²) in [5.74, 6) is -1.07. The van der Waals surface area contributed by atoms with E-state index in [9.17, 15) is 9.18 Å². The average molecular weight is 419 g/mol. The molecule has 0 spiro atoms. The molecule has 0 aliphatic carbocycles. The second-order valence-corrected chi connectivity index (χ2v) is 6.81. The van der Waals surface area contributed by atoms with Crippen molar-refractivity contribution >= 4 is 5.91 Å². The number of hydrogen-bond donors (Lipinski definition) is 1. The van der Waals surface area contributed by atoms with Gasteiger partial charge in [-0.15, -0.1) is 10.2 Å². The van der Waals surface area contributed by atoms with Gasteiger partial charge in [0.05, 0.1) is 6.20 Å². The third-order valence-corrected chi connectivity index (χ3v) is 4.33. The summed E-state index contributed by atoms with van der Waals surface area (Å²) in [6.45, 7) is 4.01. The van der Waals surface area contributed by atoms with E-state index in [0.29, 0.717) is 22.8 Å². The number of nitrogens with one attached hydrogen (secondary N) is 1. The van der Waals surface area contributed by atoms with Crippen molar-refractivity contribution in [2.75, 3.05) is 0 Å². The lowest BCUT2D eigenvalue weighted by Gasteiger charge is -2.10. The Hall–Kier alpha value is -4.21. The number of benzene rings is 1. The number of carbonyl (C=O) groups excluding carboxylic acids is 1. The molecule has 3 aromatic heterocycles. The van der Waals surface area contributed by atoms with Crippen LogP contribution in [-0.4, -0.2) is 35.6 Å². The molecular weight excluding hydrogens is 401 g/mol. The van der Waals surface area contributed by atoms with Crippen molar-refractivity contribution in [2.24, 2.45) is 0 Å². The first-order valence-electron chi connectivity index (χ1n) is 9.45. The van der Waals surface area contributed by atoms with Gasteiger partial charge in [0.25, 0.3) is 11.8 Å². The van der Waals surface area contributed by atoms with Crippen LogP contribution in [0, 0.1) is 5.82 Å². The zero-order chi connectivity index (χ0) is 21.8. The Labute approximate surface area is 176 Å². The van der Waals surface area contributed by atoms with Crippen molar-refractivity contribution in [3.63, 3.8) is 0 Å². The molecule has 0 atom stereocenters. The Morgan fingerprint density at radius 2 is 1.84 bits per heavy atom. The molecule has 0 saturated carbocycles. The molecule has 4 rings (SSSR count). The minimum absolute atomic E-state index is 0.128. The molecule has 3 heterocycles. The monoisotopic (exact) mass is 419 g/mol. The molecule has 10 heteroatoms. The second-order valence-electron chi connectivity index (χ2n) is 6.81. The summed E-state index contributed by atoms with van der Waals surface area (Å²) >= 11 is 0. The molecule has 0 aliphatic heterocycles. The normalized spacial score (nSPS) is 10.8. The Morgan fingerprint density at radius 1 is 1.06 bits per heavy atom. The van der Waals surface area contributed by atoms with Crippen molar-refractivity contribution in [3.05, 3.63) is 72.4 Å². The first-order chi connectivity index (χ1) is 15.0. The highest BCUT2D eigenvalue weighted by molar-refractivity contribution is 5.93. The summed E-state index contributed by atoms with van der Waals surface area (Å²) in [6.07, 6.45) is 2.58. The van der Waals surface area contributed by atoms with Crippen LogP contribution in [0.4, 0.5) is 4.39 Å². The molecule has 1 aromatic carbocycles. The van der Waals surface area contributed by atoms with E-state index in [-0.39, 0.29) is 11.9 Å². The third kappa shape index (κ3) is 4.37. The summed E-state index contributed by atoms with van der Waals surface area (Å²) in [7, 11) is 0. The van der Waals surface area contributed by atoms with E-state index in [0.717, 1.165) is 6.20 Å². The molecule has 31 heavy (non-hydrogen) atoms. The van der Waals surface area contributed by atoms with Crippen LogP contribution in [0.15, 0.2) is 61.1 Å². The Kier molecular flexibility index (Phi) is 5.61. The Morgan fingerprint density at radius 3 is 2.61 bits per heavy atom. The van der Waals surface area contributed by atoms with Crippen molar-refractivity contribution in [3.8, 4) is 28.9 Å². The van der Waals surface area contributed by atoms with Gasteiger partial charge in [0, 0.05) is 11.6 Å². The van der Waals surface area contributed by atoms with Gasteiger partial charge in [0.1, 0.15) is 17.7 Å². The molecule has 156 valence electrons. The highest BCUT2D eigenvalue weighted by Crippen LogP contribution is 2.23. The molecule has 0 unspecified atom stereocenters. The van der Waals surface area contributed by atoms with Crippen LogP contribution in [0.1, 0.15) is 30.2 Å². The fourth-order valence-electron chi connectivity index (χ4n) is 2.78. The molecule has 0 aliphatic rings. The minimum Gasteiger partial charge on any atom is -0.355 e. The largest absolute Gasteiger partial charge is 0.355 e. The summed E-state index contributed by atoms with van der Waals surface area (Å²) in [5, 5.41) is 8.07. The van der Waals surface area contributed by atoms with Crippen LogP contribution < -0.4 is 10.3 Å². The third-order valence-electron chi connectivity index (χ3n) is 4.33. The zero-order valence-electron chi connectivity index (χ0n) is 16.7. The van der Waals surface area contributed by atoms with Crippen molar-refractivity contribution < 1.29 is 14.0 Å². The van der Waals surface area contributed by atoms with Crippen molar-refractivity contribution in [2.45, 2.75) is 19.9 Å². The van der Waals surface area contributed by atoms with E-state index in [1.54, 1.807) is 54.9 Å². The zero-order valence-corrected chi connectivity index (χ0v) is 16.7. The number of rotatable bonds is 6. The van der Waals surface area contributed by atoms with Gasteiger partial charge in [-0.2, -0.15) is 14.9 Å². The van der Waals surface area contributed by atoms with E-state index in [1.807, 2.05) is 18.4 Å². The standard InChI is InChI=1S/C21H18FN7O2/c1-13(2)29-12-24-27-19(29)17-10-6-9-16(25-17)18-23-11-15(22)21(26-18)31-28-20(30)14-7-4-3-5-8-14/h3-13H,1-2H3,(H,28,30). The van der Waals surface area contributed by atoms with Crippen LogP contribution in [0.2, 0.25) is 0 Å². The molecule has 0 saturated heterocycles. The lowest BCUT2D eigenvalue weighted by molar-refractivity contribution is 0.0741. The average Bonchev–Trinajstić information content (AvgIpc) is 3.29. The van der Waals surface area contributed by atoms with Crippen molar-refractivity contribution in [1.29, 1.82) is 0 Å². The molecule has 1 amide bonds. The van der Waals surface area contributed by atoms with E-state index in [4.69, 9.17) is 4.84 Å². The van der Waals surface area contributed by atoms with E-state index < -0.39 is 17.6 Å². The summed E-state index contributed by atoms with van der Waals surface area (Å²) in [4.78, 5) is 29.8. The molecular formula is C21H18FN7O2. The molecule has 0 fully saturated rings. The number of nitrogens with zero attached hydrogens (tertiary/aromatic N) is 6. The predicted octanol–water partition coefficient (Wildman–Crippen LogP) is 3.24. The fraction of sp³-hybridized carbons (Fsp3) is 0.143. The van der Waals surface area contributed by atoms with Gasteiger partial charge in [-0.3, -0.25) is 4.79 Å². The highest BCUT2D eigenvalue weighted by atomic mass is 19.1. The molecule has 0 radical (unpaired) electrons. The SMILES string of the molecule is CC(C)n1cnnc1-c1cccc(-c2ncc(F)c(ONC(=O)c3ccccc3)n2)n1. The Bertz CT molecular complexity index is 1210. The lowest BCUT2D eigenvalue weighted by Crippen LogP contribution is -2.27. The van der Waals surface area contributed by atoms with E-state index >= 15 is 0 Å². The number of pyridine rings is 1. The summed E-state index contributed by atoms with van der Waals surface area (Å²) < 4.78 is 16.0. The number of halogens is 1. The second kappa shape index (κ2) is 8.66. The van der Waals surface area contributed by atoms with Crippen LogP contribution in [-0.2, 0) is 0 Å². The van der Waals surface area contributed by atoms with Crippen LogP contribution in [0.3, 0.4) is 0 Å². The van der Waals surface area contributed by atoms with Gasteiger partial charge in [-0.25, -0.2) is 9.97 Å². The maximum absolute atomic E-state index is 14.1. The van der Waals surface area contributed by atoms with Gasteiger partial charge in [-0.05, 0) is 38.1 Å². The highest BCUT2D eigenvalue weighted by Gasteiger charge is 2.16. The number of carbonyl (C=O) groups is 1. The quantitative estimate of drug-likeness (QED) is 0.478. The van der Waals surface area contributed by atoms with Crippen LogP contribution in [0.5, 0.6) is 5.88 Å². The van der Waals surface area contributed by atoms with Gasteiger partial charge in [0.15, 0.2) is 11.6 Å². The number of hydroxylamine groups is 1. The van der Waals surface area contributed by atoms with Crippen molar-refractivity contribution in [1.82, 2.24) is 35.2 Å². The maximum atomic E-state index is 14.1. The van der Waals surface area contributed by atoms with Crippen LogP contribution in [0.25, 0.3) is 23.0 Å². The number of hydrogen-bond acceptors (Lipinski definition) is 7. The molecule has 4 aromatic rings. The number of aromatic nitrogens is 6.